The van der Waals surface area contributed by atoms with E-state index >= 15 is 0 Å². The highest BCUT2D eigenvalue weighted by Crippen LogP contribution is 2.26. The van der Waals surface area contributed by atoms with Crippen molar-refractivity contribution in [3.05, 3.63) is 59.3 Å². The SMILES string of the molecule is O=C(c1n[nH]c2ccccc12)N1CCN(Cc2ccc3c(c2)CCO3)CC1. The maximum Gasteiger partial charge on any atom is 0.275 e. The molecule has 2 aliphatic heterocycles. The second-order valence-electron chi connectivity index (χ2n) is 7.23. The van der Waals surface area contributed by atoms with Gasteiger partial charge < -0.3 is 9.64 Å². The molecule has 1 saturated heterocycles. The number of hydrogen-bond donors (Lipinski definition) is 1. The maximum atomic E-state index is 12.9. The number of nitrogens with zero attached hydrogens (tertiary/aromatic N) is 3. The summed E-state index contributed by atoms with van der Waals surface area (Å²) in [5.74, 6) is 1.04. The number of piperazine rings is 1. The quantitative estimate of drug-likeness (QED) is 0.778. The van der Waals surface area contributed by atoms with E-state index in [0.717, 1.165) is 62.4 Å². The number of nitrogens with one attached hydrogen (secondary N) is 1. The largest absolute Gasteiger partial charge is 0.493 e. The third-order valence-electron chi connectivity index (χ3n) is 5.49. The summed E-state index contributed by atoms with van der Waals surface area (Å²) in [4.78, 5) is 17.2. The highest BCUT2D eigenvalue weighted by molar-refractivity contribution is 6.04. The van der Waals surface area contributed by atoms with Crippen molar-refractivity contribution in [3.8, 4) is 5.75 Å². The average molecular weight is 362 g/mol. The Kier molecular flexibility index (Phi) is 4.05. The van der Waals surface area contributed by atoms with Gasteiger partial charge in [-0.15, -0.1) is 0 Å². The van der Waals surface area contributed by atoms with Crippen LogP contribution in [0, 0.1) is 0 Å². The number of ether oxygens (including phenoxy) is 1. The van der Waals surface area contributed by atoms with Gasteiger partial charge in [0.1, 0.15) is 5.75 Å². The van der Waals surface area contributed by atoms with Gasteiger partial charge in [-0.2, -0.15) is 5.10 Å². The summed E-state index contributed by atoms with van der Waals surface area (Å²) in [5.41, 5.74) is 4.06. The maximum absolute atomic E-state index is 12.9. The zero-order valence-corrected chi connectivity index (χ0v) is 15.1. The Bertz CT molecular complexity index is 989. The molecule has 0 radical (unpaired) electrons. The van der Waals surface area contributed by atoms with E-state index in [-0.39, 0.29) is 5.91 Å². The molecule has 1 fully saturated rings. The highest BCUT2D eigenvalue weighted by atomic mass is 16.5. The minimum absolute atomic E-state index is 0.0155. The molecule has 0 spiro atoms. The fourth-order valence-electron chi connectivity index (χ4n) is 3.98. The number of rotatable bonds is 3. The third kappa shape index (κ3) is 3.06. The number of carbonyl (C=O) groups excluding carboxylic acids is 1. The second kappa shape index (κ2) is 6.70. The minimum Gasteiger partial charge on any atom is -0.493 e. The summed E-state index contributed by atoms with van der Waals surface area (Å²) in [6.07, 6.45) is 1.00. The van der Waals surface area contributed by atoms with Gasteiger partial charge in [0.25, 0.3) is 5.91 Å². The van der Waals surface area contributed by atoms with Crippen LogP contribution < -0.4 is 4.74 Å². The van der Waals surface area contributed by atoms with Crippen molar-refractivity contribution in [2.45, 2.75) is 13.0 Å². The number of aromatic nitrogens is 2. The molecule has 3 aromatic rings. The normalized spacial score (nSPS) is 17.1. The molecule has 6 nitrogen and oxygen atoms in total. The molecule has 5 rings (SSSR count). The molecule has 1 amide bonds. The number of amides is 1. The third-order valence-corrected chi connectivity index (χ3v) is 5.49. The lowest BCUT2D eigenvalue weighted by molar-refractivity contribution is 0.0624. The first-order chi connectivity index (χ1) is 13.3. The first-order valence-electron chi connectivity index (χ1n) is 9.47. The number of hydrogen-bond acceptors (Lipinski definition) is 4. The lowest BCUT2D eigenvalue weighted by Gasteiger charge is -2.34. The van der Waals surface area contributed by atoms with Gasteiger partial charge in [-0.3, -0.25) is 14.8 Å². The topological polar surface area (TPSA) is 61.5 Å². The summed E-state index contributed by atoms with van der Waals surface area (Å²) in [7, 11) is 0. The number of fused-ring (bicyclic) bond motifs is 2. The Hall–Kier alpha value is -2.86. The molecule has 27 heavy (non-hydrogen) atoms. The molecule has 0 atom stereocenters. The fraction of sp³-hybridized carbons (Fsp3) is 0.333. The predicted octanol–water partition coefficient (Wildman–Crippen LogP) is 2.46. The predicted molar refractivity (Wildman–Crippen MR) is 103 cm³/mol. The van der Waals surface area contributed by atoms with Crippen molar-refractivity contribution in [3.63, 3.8) is 0 Å². The van der Waals surface area contributed by atoms with Crippen LogP contribution in [-0.2, 0) is 13.0 Å². The molecule has 6 heteroatoms. The molecular weight excluding hydrogens is 340 g/mol. The van der Waals surface area contributed by atoms with Crippen LogP contribution in [0.3, 0.4) is 0 Å². The summed E-state index contributed by atoms with van der Waals surface area (Å²) >= 11 is 0. The second-order valence-corrected chi connectivity index (χ2v) is 7.23. The molecule has 1 aromatic heterocycles. The number of para-hydroxylation sites is 1. The zero-order valence-electron chi connectivity index (χ0n) is 15.1. The van der Waals surface area contributed by atoms with E-state index < -0.39 is 0 Å². The summed E-state index contributed by atoms with van der Waals surface area (Å²) in [6, 6.07) is 14.3. The lowest BCUT2D eigenvalue weighted by Crippen LogP contribution is -2.48. The van der Waals surface area contributed by atoms with Crippen LogP contribution in [0.25, 0.3) is 10.9 Å². The number of carbonyl (C=O) groups is 1. The number of aromatic amines is 1. The van der Waals surface area contributed by atoms with Gasteiger partial charge in [-0.1, -0.05) is 30.3 Å². The van der Waals surface area contributed by atoms with Gasteiger partial charge >= 0.3 is 0 Å². The molecule has 2 aromatic carbocycles. The first-order valence-corrected chi connectivity index (χ1v) is 9.47. The van der Waals surface area contributed by atoms with E-state index in [4.69, 9.17) is 4.74 Å². The lowest BCUT2D eigenvalue weighted by atomic mass is 10.1. The first kappa shape index (κ1) is 16.3. The Morgan fingerprint density at radius 1 is 1.11 bits per heavy atom. The minimum atomic E-state index is 0.0155. The average Bonchev–Trinajstić information content (AvgIpc) is 3.34. The smallest absolute Gasteiger partial charge is 0.275 e. The molecule has 0 saturated carbocycles. The highest BCUT2D eigenvalue weighted by Gasteiger charge is 2.25. The van der Waals surface area contributed by atoms with Crippen LogP contribution in [-0.4, -0.2) is 58.7 Å². The van der Waals surface area contributed by atoms with Crippen molar-refractivity contribution in [1.29, 1.82) is 0 Å². The molecule has 3 heterocycles. The molecule has 1 N–H and O–H groups in total. The summed E-state index contributed by atoms with van der Waals surface area (Å²) < 4.78 is 5.58. The van der Waals surface area contributed by atoms with Crippen LogP contribution in [0.4, 0.5) is 0 Å². The monoisotopic (exact) mass is 362 g/mol. The van der Waals surface area contributed by atoms with Crippen LogP contribution in [0.1, 0.15) is 21.6 Å². The Balaban J connectivity index is 1.23. The Labute approximate surface area is 157 Å². The Morgan fingerprint density at radius 2 is 1.96 bits per heavy atom. The fourth-order valence-corrected chi connectivity index (χ4v) is 3.98. The van der Waals surface area contributed by atoms with Crippen molar-refractivity contribution in [2.24, 2.45) is 0 Å². The van der Waals surface area contributed by atoms with Crippen LogP contribution >= 0.6 is 0 Å². The molecule has 138 valence electrons. The van der Waals surface area contributed by atoms with Gasteiger partial charge in [0.05, 0.1) is 12.1 Å². The van der Waals surface area contributed by atoms with Crippen LogP contribution in [0.5, 0.6) is 5.75 Å². The molecule has 0 aliphatic carbocycles. The number of benzene rings is 2. The standard InChI is InChI=1S/C21H22N4O2/c26-21(20-17-3-1-2-4-18(17)22-23-20)25-10-8-24(9-11-25)14-15-5-6-19-16(13-15)7-12-27-19/h1-6,13H,7-12,14H2,(H,22,23). The van der Waals surface area contributed by atoms with E-state index in [1.165, 1.54) is 11.1 Å². The summed E-state index contributed by atoms with van der Waals surface area (Å²) in [5, 5.41) is 8.09. The van der Waals surface area contributed by atoms with Gasteiger partial charge in [0.2, 0.25) is 0 Å². The van der Waals surface area contributed by atoms with Crippen molar-refractivity contribution in [1.82, 2.24) is 20.0 Å². The number of H-pyrrole nitrogens is 1. The molecule has 0 bridgehead atoms. The van der Waals surface area contributed by atoms with E-state index in [1.54, 1.807) is 0 Å². The van der Waals surface area contributed by atoms with Gasteiger partial charge in [0.15, 0.2) is 5.69 Å². The van der Waals surface area contributed by atoms with Crippen molar-refractivity contribution in [2.75, 3.05) is 32.8 Å². The van der Waals surface area contributed by atoms with Crippen molar-refractivity contribution >= 4 is 16.8 Å². The van der Waals surface area contributed by atoms with Gasteiger partial charge in [-0.25, -0.2) is 0 Å². The molecular formula is C21H22N4O2. The van der Waals surface area contributed by atoms with Crippen LogP contribution in [0.2, 0.25) is 0 Å². The Morgan fingerprint density at radius 3 is 2.85 bits per heavy atom. The van der Waals surface area contributed by atoms with Gasteiger partial charge in [0, 0.05) is 44.5 Å². The molecule has 2 aliphatic rings. The van der Waals surface area contributed by atoms with E-state index in [2.05, 4.69) is 33.3 Å². The van der Waals surface area contributed by atoms with Crippen LogP contribution in [0.15, 0.2) is 42.5 Å². The van der Waals surface area contributed by atoms with Crippen molar-refractivity contribution < 1.29 is 9.53 Å². The van der Waals surface area contributed by atoms with E-state index in [9.17, 15) is 4.79 Å². The van der Waals surface area contributed by atoms with Gasteiger partial charge in [-0.05, 0) is 23.3 Å². The summed E-state index contributed by atoms with van der Waals surface area (Å²) in [6.45, 7) is 4.92. The van der Waals surface area contributed by atoms with E-state index in [0.29, 0.717) is 5.69 Å². The zero-order chi connectivity index (χ0) is 18.2. The van der Waals surface area contributed by atoms with E-state index in [1.807, 2.05) is 29.2 Å². The molecule has 0 unspecified atom stereocenters.